The lowest BCUT2D eigenvalue weighted by molar-refractivity contribution is 0.474. The minimum Gasteiger partial charge on any atom is -0.507 e. The molecule has 0 radical (unpaired) electrons. The molecule has 12 heteroatoms. The molecule has 0 aliphatic heterocycles. The summed E-state index contributed by atoms with van der Waals surface area (Å²) in [6.07, 6.45) is 1.73. The highest BCUT2D eigenvalue weighted by molar-refractivity contribution is 7.92. The number of nitrogens with one attached hydrogen (secondary N) is 1. The maximum atomic E-state index is 13.6. The van der Waals surface area contributed by atoms with Crippen LogP contribution in [-0.4, -0.2) is 56.9 Å². The van der Waals surface area contributed by atoms with Gasteiger partial charge in [0.2, 0.25) is 5.95 Å². The van der Waals surface area contributed by atoms with Crippen LogP contribution in [0.2, 0.25) is 0 Å². The first kappa shape index (κ1) is 23.0. The number of para-hydroxylation sites is 1. The summed E-state index contributed by atoms with van der Waals surface area (Å²) in [5, 5.41) is 23.5. The number of hydrogen-bond acceptors (Lipinski definition) is 9. The van der Waals surface area contributed by atoms with Gasteiger partial charge in [-0.3, -0.25) is 4.99 Å². The van der Waals surface area contributed by atoms with E-state index in [1.54, 1.807) is 56.3 Å². The zero-order chi connectivity index (χ0) is 24.1. The average molecular weight is 479 g/mol. The molecule has 0 fully saturated rings. The van der Waals surface area contributed by atoms with Crippen molar-refractivity contribution in [3.05, 3.63) is 77.4 Å². The van der Waals surface area contributed by atoms with Gasteiger partial charge < -0.3 is 5.11 Å². The van der Waals surface area contributed by atoms with Crippen LogP contribution in [0.15, 0.2) is 64.5 Å². The number of tetrazole rings is 1. The summed E-state index contributed by atoms with van der Waals surface area (Å²) in [6.45, 7) is 3.58. The van der Waals surface area contributed by atoms with Crippen LogP contribution in [0.4, 0.5) is 11.6 Å². The predicted octanol–water partition coefficient (Wildman–Crippen LogP) is 2.50. The topological polar surface area (TPSA) is 150 Å². The van der Waals surface area contributed by atoms with E-state index in [4.69, 9.17) is 0 Å². The largest absolute Gasteiger partial charge is 0.507 e. The summed E-state index contributed by atoms with van der Waals surface area (Å²) in [4.78, 5) is 13.0. The van der Waals surface area contributed by atoms with Crippen LogP contribution in [-0.2, 0) is 16.4 Å². The van der Waals surface area contributed by atoms with Gasteiger partial charge in [0.05, 0.1) is 10.6 Å². The number of anilines is 1. The first-order chi connectivity index (χ1) is 16.3. The van der Waals surface area contributed by atoms with E-state index in [1.807, 2.05) is 0 Å². The SMILES string of the molecule is Cc1cc(C)nc(N(CCc2nn[nH]n2)S(=O)(=O)c2ccc(N=Cc3ccccc3O)cc2)n1. The first-order valence-corrected chi connectivity index (χ1v) is 11.8. The number of nitrogens with zero attached hydrogens (tertiary/aromatic N) is 7. The van der Waals surface area contributed by atoms with Crippen LogP contribution < -0.4 is 4.31 Å². The average Bonchev–Trinajstić information content (AvgIpc) is 3.32. The Hall–Kier alpha value is -4.19. The minimum atomic E-state index is -4.00. The number of sulfonamides is 1. The quantitative estimate of drug-likeness (QED) is 0.367. The normalized spacial score (nSPS) is 11.7. The summed E-state index contributed by atoms with van der Waals surface area (Å²) in [5.74, 6) is 0.553. The standard InChI is InChI=1S/C22H22N8O3S/c1-15-13-16(2)25-22(24-15)30(12-11-21-26-28-29-27-21)34(32,33)19-9-7-18(8-10-19)23-14-17-5-3-4-6-20(17)31/h3-10,13-14,31H,11-12H2,1-2H3,(H,26,27,28,29). The van der Waals surface area contributed by atoms with Crippen molar-refractivity contribution in [1.82, 2.24) is 30.6 Å². The Bertz CT molecular complexity index is 1380. The number of aryl methyl sites for hydroxylation is 2. The molecule has 34 heavy (non-hydrogen) atoms. The zero-order valence-corrected chi connectivity index (χ0v) is 19.3. The molecule has 2 N–H and O–H groups in total. The fourth-order valence-electron chi connectivity index (χ4n) is 3.21. The van der Waals surface area contributed by atoms with Crippen molar-refractivity contribution < 1.29 is 13.5 Å². The molecule has 0 unspecified atom stereocenters. The fraction of sp³-hybridized carbons (Fsp3) is 0.182. The number of phenolic OH excluding ortho intramolecular Hbond substituents is 1. The van der Waals surface area contributed by atoms with Gasteiger partial charge >= 0.3 is 0 Å². The number of aliphatic imine (C=N–C) groups is 1. The van der Waals surface area contributed by atoms with Gasteiger partial charge in [-0.25, -0.2) is 22.7 Å². The molecule has 4 aromatic rings. The van der Waals surface area contributed by atoms with Gasteiger partial charge in [-0.2, -0.15) is 5.21 Å². The zero-order valence-electron chi connectivity index (χ0n) is 18.5. The number of aromatic nitrogens is 6. The van der Waals surface area contributed by atoms with Gasteiger partial charge in [-0.15, -0.1) is 10.2 Å². The highest BCUT2D eigenvalue weighted by Gasteiger charge is 2.28. The maximum absolute atomic E-state index is 13.6. The second-order valence-electron chi connectivity index (χ2n) is 7.42. The highest BCUT2D eigenvalue weighted by atomic mass is 32.2. The summed E-state index contributed by atoms with van der Waals surface area (Å²) < 4.78 is 28.3. The van der Waals surface area contributed by atoms with E-state index in [2.05, 4.69) is 35.6 Å². The Kier molecular flexibility index (Phi) is 6.59. The van der Waals surface area contributed by atoms with Gasteiger partial charge in [0.15, 0.2) is 5.82 Å². The van der Waals surface area contributed by atoms with Crippen LogP contribution in [0.25, 0.3) is 0 Å². The molecule has 0 aliphatic carbocycles. The van der Waals surface area contributed by atoms with Crippen molar-refractivity contribution in [2.24, 2.45) is 4.99 Å². The number of phenols is 1. The maximum Gasteiger partial charge on any atom is 0.266 e. The lowest BCUT2D eigenvalue weighted by Crippen LogP contribution is -2.35. The summed E-state index contributed by atoms with van der Waals surface area (Å²) in [7, 11) is -4.00. The van der Waals surface area contributed by atoms with E-state index in [-0.39, 0.29) is 29.6 Å². The monoisotopic (exact) mass is 478 g/mol. The predicted molar refractivity (Wildman–Crippen MR) is 126 cm³/mol. The summed E-state index contributed by atoms with van der Waals surface area (Å²) in [6, 6.07) is 14.7. The third-order valence-corrected chi connectivity index (χ3v) is 6.63. The molecule has 0 aliphatic rings. The van der Waals surface area contributed by atoms with Gasteiger partial charge in [0.25, 0.3) is 10.0 Å². The summed E-state index contributed by atoms with van der Waals surface area (Å²) in [5.41, 5.74) is 2.38. The number of aromatic amines is 1. The molecular weight excluding hydrogens is 456 g/mol. The summed E-state index contributed by atoms with van der Waals surface area (Å²) >= 11 is 0. The van der Waals surface area contributed by atoms with Crippen molar-refractivity contribution in [1.29, 1.82) is 0 Å². The lowest BCUT2D eigenvalue weighted by atomic mass is 10.2. The second-order valence-corrected chi connectivity index (χ2v) is 9.28. The third kappa shape index (κ3) is 5.23. The number of hydrogen-bond donors (Lipinski definition) is 2. The van der Waals surface area contributed by atoms with E-state index in [1.165, 1.54) is 18.3 Å². The van der Waals surface area contributed by atoms with Crippen molar-refractivity contribution in [2.45, 2.75) is 25.2 Å². The number of aromatic hydroxyl groups is 1. The fourth-order valence-corrected chi connectivity index (χ4v) is 4.57. The smallest absolute Gasteiger partial charge is 0.266 e. The molecule has 0 spiro atoms. The molecule has 0 saturated carbocycles. The minimum absolute atomic E-state index is 0.0257. The molecule has 0 amide bonds. The van der Waals surface area contributed by atoms with Gasteiger partial charge in [0.1, 0.15) is 5.75 Å². The van der Waals surface area contributed by atoms with Gasteiger partial charge in [-0.1, -0.05) is 17.3 Å². The Morgan fingerprint density at radius 3 is 2.41 bits per heavy atom. The van der Waals surface area contributed by atoms with Crippen LogP contribution >= 0.6 is 0 Å². The molecule has 2 heterocycles. The molecule has 11 nitrogen and oxygen atoms in total. The Labute approximate surface area is 196 Å². The van der Waals surface area contributed by atoms with Crippen molar-refractivity contribution in [3.8, 4) is 5.75 Å². The Morgan fingerprint density at radius 2 is 1.76 bits per heavy atom. The van der Waals surface area contributed by atoms with E-state index < -0.39 is 10.0 Å². The number of benzene rings is 2. The number of rotatable bonds is 8. The number of H-pyrrole nitrogens is 1. The van der Waals surface area contributed by atoms with Gasteiger partial charge in [-0.05, 0) is 56.3 Å². The Morgan fingerprint density at radius 1 is 1.06 bits per heavy atom. The van der Waals surface area contributed by atoms with E-state index in [0.29, 0.717) is 28.5 Å². The van der Waals surface area contributed by atoms with E-state index in [9.17, 15) is 13.5 Å². The molecule has 2 aromatic heterocycles. The van der Waals surface area contributed by atoms with Crippen molar-refractivity contribution in [2.75, 3.05) is 10.8 Å². The van der Waals surface area contributed by atoms with Crippen LogP contribution in [0.1, 0.15) is 22.8 Å². The van der Waals surface area contributed by atoms with E-state index in [0.717, 1.165) is 4.31 Å². The van der Waals surface area contributed by atoms with E-state index >= 15 is 0 Å². The highest BCUT2D eigenvalue weighted by Crippen LogP contribution is 2.24. The van der Waals surface area contributed by atoms with Crippen molar-refractivity contribution in [3.63, 3.8) is 0 Å². The van der Waals surface area contributed by atoms with Crippen LogP contribution in [0, 0.1) is 13.8 Å². The molecule has 174 valence electrons. The molecular formula is C22H22N8O3S. The molecule has 4 rings (SSSR count). The molecule has 0 bridgehead atoms. The first-order valence-electron chi connectivity index (χ1n) is 10.3. The third-order valence-electron chi connectivity index (χ3n) is 4.84. The van der Waals surface area contributed by atoms with Gasteiger partial charge in [0, 0.05) is 36.1 Å². The molecule has 0 saturated heterocycles. The van der Waals surface area contributed by atoms with Crippen molar-refractivity contribution >= 4 is 27.9 Å². The second kappa shape index (κ2) is 9.75. The van der Waals surface area contributed by atoms with Crippen LogP contribution in [0.5, 0.6) is 5.75 Å². The molecule has 0 atom stereocenters. The Balaban J connectivity index is 1.63. The lowest BCUT2D eigenvalue weighted by Gasteiger charge is -2.22. The molecule has 2 aromatic carbocycles. The van der Waals surface area contributed by atoms with Crippen LogP contribution in [0.3, 0.4) is 0 Å².